The fourth-order valence-electron chi connectivity index (χ4n) is 2.35. The van der Waals surface area contributed by atoms with Crippen molar-refractivity contribution in [1.29, 1.82) is 0 Å². The van der Waals surface area contributed by atoms with Crippen molar-refractivity contribution < 1.29 is 22.9 Å². The standard InChI is InChI=1S/C18H16N6O6S/c1-12(30-15-4-2-9-19-16(15)24(26)27)17(25)22-13-5-7-14(8-6-13)31(28,29)23-18-20-10-3-11-21-18/h2-12H,1H3,(H,22,25)(H,20,21,23). The van der Waals surface area contributed by atoms with Crippen LogP contribution in [-0.2, 0) is 14.8 Å². The van der Waals surface area contributed by atoms with Crippen LogP contribution >= 0.6 is 0 Å². The van der Waals surface area contributed by atoms with Crippen LogP contribution in [0, 0.1) is 10.1 Å². The van der Waals surface area contributed by atoms with Crippen molar-refractivity contribution in [3.05, 3.63) is 71.2 Å². The summed E-state index contributed by atoms with van der Waals surface area (Å²) in [6.45, 7) is 1.41. The molecule has 1 amide bonds. The lowest BCUT2D eigenvalue weighted by molar-refractivity contribution is -0.390. The molecule has 0 radical (unpaired) electrons. The van der Waals surface area contributed by atoms with Crippen LogP contribution in [0.15, 0.2) is 66.0 Å². The predicted molar refractivity (Wildman–Crippen MR) is 109 cm³/mol. The highest BCUT2D eigenvalue weighted by Crippen LogP contribution is 2.24. The molecule has 0 saturated carbocycles. The van der Waals surface area contributed by atoms with E-state index in [-0.39, 0.29) is 16.6 Å². The first kappa shape index (κ1) is 21.6. The molecule has 0 aliphatic heterocycles. The first-order valence-electron chi connectivity index (χ1n) is 8.73. The lowest BCUT2D eigenvalue weighted by Crippen LogP contribution is -2.30. The Balaban J connectivity index is 1.65. The highest BCUT2D eigenvalue weighted by molar-refractivity contribution is 7.92. The van der Waals surface area contributed by atoms with Gasteiger partial charge in [-0.1, -0.05) is 0 Å². The molecule has 1 atom stereocenters. The van der Waals surface area contributed by atoms with Gasteiger partial charge < -0.3 is 20.2 Å². The smallest absolute Gasteiger partial charge is 0.406 e. The Hall–Kier alpha value is -4.13. The molecule has 2 heterocycles. The molecule has 0 aliphatic rings. The average Bonchev–Trinajstić information content (AvgIpc) is 2.74. The number of anilines is 2. The minimum Gasteiger partial charge on any atom is -0.473 e. The molecule has 12 nitrogen and oxygen atoms in total. The van der Waals surface area contributed by atoms with E-state index >= 15 is 0 Å². The minimum atomic E-state index is -3.91. The first-order valence-corrected chi connectivity index (χ1v) is 10.2. The van der Waals surface area contributed by atoms with Gasteiger partial charge in [0.15, 0.2) is 6.10 Å². The average molecular weight is 444 g/mol. The Kier molecular flexibility index (Phi) is 6.35. The van der Waals surface area contributed by atoms with E-state index in [9.17, 15) is 23.3 Å². The predicted octanol–water partition coefficient (Wildman–Crippen LogP) is 1.99. The van der Waals surface area contributed by atoms with Gasteiger partial charge in [0.05, 0.1) is 4.90 Å². The van der Waals surface area contributed by atoms with Crippen LogP contribution < -0.4 is 14.8 Å². The van der Waals surface area contributed by atoms with Gasteiger partial charge in [0.2, 0.25) is 11.7 Å². The molecule has 0 spiro atoms. The highest BCUT2D eigenvalue weighted by Gasteiger charge is 2.22. The van der Waals surface area contributed by atoms with E-state index in [1.54, 1.807) is 6.07 Å². The van der Waals surface area contributed by atoms with Gasteiger partial charge in [-0.2, -0.15) is 0 Å². The molecule has 3 rings (SSSR count). The third kappa shape index (κ3) is 5.48. The molecule has 3 aromatic rings. The van der Waals surface area contributed by atoms with Crippen LogP contribution in [0.2, 0.25) is 0 Å². The Bertz CT molecular complexity index is 1190. The monoisotopic (exact) mass is 444 g/mol. The molecule has 0 bridgehead atoms. The summed E-state index contributed by atoms with van der Waals surface area (Å²) < 4.78 is 32.3. The Morgan fingerprint density at radius 2 is 1.71 bits per heavy atom. The number of ether oxygens (including phenoxy) is 1. The highest BCUT2D eigenvalue weighted by atomic mass is 32.2. The molecule has 0 aliphatic carbocycles. The van der Waals surface area contributed by atoms with E-state index in [1.807, 2.05) is 0 Å². The van der Waals surface area contributed by atoms with Crippen LogP contribution in [0.4, 0.5) is 17.5 Å². The van der Waals surface area contributed by atoms with Crippen LogP contribution in [0.1, 0.15) is 6.92 Å². The molecule has 2 N–H and O–H groups in total. The third-order valence-electron chi connectivity index (χ3n) is 3.82. The van der Waals surface area contributed by atoms with E-state index in [2.05, 4.69) is 25.0 Å². The number of rotatable bonds is 8. The number of nitrogens with zero attached hydrogens (tertiary/aromatic N) is 4. The molecule has 13 heteroatoms. The largest absolute Gasteiger partial charge is 0.473 e. The van der Waals surface area contributed by atoms with Gasteiger partial charge in [0, 0.05) is 18.1 Å². The number of hydrogen-bond donors (Lipinski definition) is 2. The molecular weight excluding hydrogens is 428 g/mol. The number of nitro groups is 1. The number of pyridine rings is 1. The topological polar surface area (TPSA) is 166 Å². The summed E-state index contributed by atoms with van der Waals surface area (Å²) in [5, 5.41) is 13.5. The van der Waals surface area contributed by atoms with Crippen molar-refractivity contribution in [2.75, 3.05) is 10.0 Å². The lowest BCUT2D eigenvalue weighted by Gasteiger charge is -2.14. The Morgan fingerprint density at radius 3 is 2.35 bits per heavy atom. The molecule has 31 heavy (non-hydrogen) atoms. The van der Waals surface area contributed by atoms with Gasteiger partial charge >= 0.3 is 5.82 Å². The van der Waals surface area contributed by atoms with Gasteiger partial charge in [0.1, 0.15) is 6.20 Å². The zero-order chi connectivity index (χ0) is 22.4. The van der Waals surface area contributed by atoms with Crippen LogP contribution in [0.5, 0.6) is 5.75 Å². The summed E-state index contributed by atoms with van der Waals surface area (Å²) in [5.41, 5.74) is 0.302. The SMILES string of the molecule is CC(Oc1cccnc1[N+](=O)[O-])C(=O)Nc1ccc(S(=O)(=O)Nc2ncccn2)cc1. The van der Waals surface area contributed by atoms with Crippen LogP contribution in [0.25, 0.3) is 0 Å². The van der Waals surface area contributed by atoms with Gasteiger partial charge in [-0.3, -0.25) is 4.79 Å². The second-order valence-electron chi connectivity index (χ2n) is 6.03. The molecule has 1 unspecified atom stereocenters. The van der Waals surface area contributed by atoms with Crippen molar-refractivity contribution in [3.8, 4) is 5.75 Å². The summed E-state index contributed by atoms with van der Waals surface area (Å²) in [6.07, 6.45) is 2.95. The number of aromatic nitrogens is 3. The number of carbonyl (C=O) groups excluding carboxylic acids is 1. The number of carbonyl (C=O) groups is 1. The zero-order valence-electron chi connectivity index (χ0n) is 16.0. The summed E-state index contributed by atoms with van der Waals surface area (Å²) in [4.78, 5) is 33.8. The van der Waals surface area contributed by atoms with Gasteiger partial charge in [-0.25, -0.2) is 23.1 Å². The zero-order valence-corrected chi connectivity index (χ0v) is 16.8. The fourth-order valence-corrected chi connectivity index (χ4v) is 3.31. The van der Waals surface area contributed by atoms with Crippen molar-refractivity contribution in [3.63, 3.8) is 0 Å². The minimum absolute atomic E-state index is 0.0618. The number of amides is 1. The van der Waals surface area contributed by atoms with E-state index in [0.717, 1.165) is 0 Å². The summed E-state index contributed by atoms with van der Waals surface area (Å²) in [6, 6.07) is 9.68. The quantitative estimate of drug-likeness (QED) is 0.390. The maximum atomic E-state index is 12.4. The fraction of sp³-hybridized carbons (Fsp3) is 0.111. The third-order valence-corrected chi connectivity index (χ3v) is 5.16. The Labute approximate surface area is 176 Å². The number of sulfonamides is 1. The van der Waals surface area contributed by atoms with Crippen LogP contribution in [-0.4, -0.2) is 40.3 Å². The maximum Gasteiger partial charge on any atom is 0.406 e. The number of hydrogen-bond acceptors (Lipinski definition) is 9. The van der Waals surface area contributed by atoms with E-state index in [4.69, 9.17) is 4.74 Å². The molecule has 0 saturated heterocycles. The molecule has 160 valence electrons. The maximum absolute atomic E-state index is 12.4. The number of benzene rings is 1. The van der Waals surface area contributed by atoms with Gasteiger partial charge in [0.25, 0.3) is 15.9 Å². The van der Waals surface area contributed by atoms with Crippen molar-refractivity contribution in [1.82, 2.24) is 15.0 Å². The van der Waals surface area contributed by atoms with Crippen molar-refractivity contribution in [2.24, 2.45) is 0 Å². The normalized spacial score (nSPS) is 11.9. The lowest BCUT2D eigenvalue weighted by atomic mass is 10.3. The van der Waals surface area contributed by atoms with Crippen molar-refractivity contribution in [2.45, 2.75) is 17.9 Å². The van der Waals surface area contributed by atoms with E-state index in [0.29, 0.717) is 5.69 Å². The summed E-state index contributed by atoms with van der Waals surface area (Å²) >= 11 is 0. The summed E-state index contributed by atoms with van der Waals surface area (Å²) in [7, 11) is -3.91. The van der Waals surface area contributed by atoms with Gasteiger partial charge in [-0.05, 0) is 59.3 Å². The van der Waals surface area contributed by atoms with E-state index < -0.39 is 32.8 Å². The molecule has 0 fully saturated rings. The molecule has 2 aromatic heterocycles. The first-order chi connectivity index (χ1) is 14.8. The van der Waals surface area contributed by atoms with Gasteiger partial charge in [-0.15, -0.1) is 0 Å². The van der Waals surface area contributed by atoms with Crippen molar-refractivity contribution >= 4 is 33.4 Å². The summed E-state index contributed by atoms with van der Waals surface area (Å²) in [5.74, 6) is -1.32. The Morgan fingerprint density at radius 1 is 1.06 bits per heavy atom. The molecule has 1 aromatic carbocycles. The van der Waals surface area contributed by atoms with Crippen LogP contribution in [0.3, 0.4) is 0 Å². The second kappa shape index (κ2) is 9.13. The molecular formula is C18H16N6O6S. The second-order valence-corrected chi connectivity index (χ2v) is 7.72. The van der Waals surface area contributed by atoms with E-state index in [1.165, 1.54) is 61.9 Å². The number of nitrogens with one attached hydrogen (secondary N) is 2.